The molecule has 0 bridgehead atoms. The van der Waals surface area contributed by atoms with Gasteiger partial charge in [0.25, 0.3) is 5.91 Å². The van der Waals surface area contributed by atoms with E-state index in [4.69, 9.17) is 20.9 Å². The van der Waals surface area contributed by atoms with E-state index in [-0.39, 0.29) is 30.4 Å². The Balaban J connectivity index is 1.51. The number of halogens is 2. The maximum absolute atomic E-state index is 13.0. The molecule has 0 radical (unpaired) electrons. The van der Waals surface area contributed by atoms with Gasteiger partial charge in [0.05, 0.1) is 12.7 Å². The quantitative estimate of drug-likeness (QED) is 0.571. The topological polar surface area (TPSA) is 106 Å². The second-order valence-electron chi connectivity index (χ2n) is 5.79. The number of hydrogen-bond donors (Lipinski definition) is 2. The second-order valence-corrected chi connectivity index (χ2v) is 6.22. The van der Waals surface area contributed by atoms with Gasteiger partial charge in [0.15, 0.2) is 0 Å². The Morgan fingerprint density at radius 3 is 2.48 bits per heavy atom. The molecular weight excluding hydrogens is 403 g/mol. The first-order valence-electron chi connectivity index (χ1n) is 8.47. The summed E-state index contributed by atoms with van der Waals surface area (Å²) in [5.41, 5.74) is 0.795. The Kier molecular flexibility index (Phi) is 6.40. The van der Waals surface area contributed by atoms with Crippen molar-refractivity contribution in [2.24, 2.45) is 0 Å². The van der Waals surface area contributed by atoms with E-state index < -0.39 is 17.6 Å². The van der Waals surface area contributed by atoms with E-state index in [9.17, 15) is 14.0 Å². The standard InChI is InChI=1S/C19H16ClFN4O4/c1-28-15-7-4-12(20)10-14(15)17(26)22-8-9-23-18(27)19-24-16(25-29-19)11-2-5-13(21)6-3-11/h2-7,10H,8-9H2,1H3,(H,22,26)(H,23,27). The van der Waals surface area contributed by atoms with Crippen LogP contribution in [0.25, 0.3) is 11.4 Å². The summed E-state index contributed by atoms with van der Waals surface area (Å²) in [6.45, 7) is 0.279. The maximum Gasteiger partial charge on any atom is 0.316 e. The predicted molar refractivity (Wildman–Crippen MR) is 102 cm³/mol. The SMILES string of the molecule is COc1ccc(Cl)cc1C(=O)NCCNC(=O)c1nc(-c2ccc(F)cc2)no1. The van der Waals surface area contributed by atoms with Gasteiger partial charge in [-0.2, -0.15) is 4.98 Å². The van der Waals surface area contributed by atoms with Crippen molar-refractivity contribution in [3.05, 3.63) is 64.8 Å². The fourth-order valence-corrected chi connectivity index (χ4v) is 2.58. The number of carbonyl (C=O) groups is 2. The summed E-state index contributed by atoms with van der Waals surface area (Å²) >= 11 is 5.91. The van der Waals surface area contributed by atoms with Gasteiger partial charge >= 0.3 is 11.8 Å². The lowest BCUT2D eigenvalue weighted by Gasteiger charge is -2.09. The summed E-state index contributed by atoms with van der Waals surface area (Å²) in [6, 6.07) is 10.1. The minimum atomic E-state index is -0.597. The molecule has 0 aliphatic carbocycles. The molecule has 29 heavy (non-hydrogen) atoms. The van der Waals surface area contributed by atoms with Crippen LogP contribution in [0.3, 0.4) is 0 Å². The number of hydrogen-bond acceptors (Lipinski definition) is 6. The van der Waals surface area contributed by atoms with E-state index in [1.54, 1.807) is 12.1 Å². The first-order chi connectivity index (χ1) is 14.0. The number of aromatic nitrogens is 2. The molecule has 0 spiro atoms. The van der Waals surface area contributed by atoms with Crippen molar-refractivity contribution in [1.82, 2.24) is 20.8 Å². The monoisotopic (exact) mass is 418 g/mol. The van der Waals surface area contributed by atoms with Gasteiger partial charge in [-0.15, -0.1) is 0 Å². The maximum atomic E-state index is 13.0. The molecule has 150 valence electrons. The smallest absolute Gasteiger partial charge is 0.316 e. The highest BCUT2D eigenvalue weighted by Gasteiger charge is 2.16. The molecule has 3 aromatic rings. The normalized spacial score (nSPS) is 10.4. The number of amides is 2. The van der Waals surface area contributed by atoms with Crippen LogP contribution in [0.1, 0.15) is 21.0 Å². The first-order valence-corrected chi connectivity index (χ1v) is 8.85. The molecule has 2 aromatic carbocycles. The van der Waals surface area contributed by atoms with Crippen molar-refractivity contribution in [2.75, 3.05) is 20.2 Å². The average molecular weight is 419 g/mol. The Morgan fingerprint density at radius 2 is 1.79 bits per heavy atom. The second kappa shape index (κ2) is 9.16. The fraction of sp³-hybridized carbons (Fsp3) is 0.158. The van der Waals surface area contributed by atoms with Crippen molar-refractivity contribution in [1.29, 1.82) is 0 Å². The molecule has 8 nitrogen and oxygen atoms in total. The van der Waals surface area contributed by atoms with Gasteiger partial charge < -0.3 is 19.9 Å². The van der Waals surface area contributed by atoms with Crippen LogP contribution in [0.2, 0.25) is 5.02 Å². The van der Waals surface area contributed by atoms with E-state index in [1.807, 2.05) is 0 Å². The minimum Gasteiger partial charge on any atom is -0.496 e. The van der Waals surface area contributed by atoms with Crippen LogP contribution < -0.4 is 15.4 Å². The highest BCUT2D eigenvalue weighted by molar-refractivity contribution is 6.31. The molecule has 0 unspecified atom stereocenters. The Bertz CT molecular complexity index is 1020. The van der Waals surface area contributed by atoms with E-state index >= 15 is 0 Å². The van der Waals surface area contributed by atoms with Crippen LogP contribution in [-0.2, 0) is 0 Å². The van der Waals surface area contributed by atoms with Crippen molar-refractivity contribution in [3.63, 3.8) is 0 Å². The van der Waals surface area contributed by atoms with E-state index in [0.717, 1.165) is 0 Å². The molecule has 0 saturated heterocycles. The van der Waals surface area contributed by atoms with Gasteiger partial charge in [-0.25, -0.2) is 4.39 Å². The molecule has 2 amide bonds. The summed E-state index contributed by atoms with van der Waals surface area (Å²) in [4.78, 5) is 28.3. The molecule has 1 aromatic heterocycles. The van der Waals surface area contributed by atoms with Gasteiger partial charge in [-0.3, -0.25) is 9.59 Å². The van der Waals surface area contributed by atoms with Crippen LogP contribution in [0.4, 0.5) is 4.39 Å². The lowest BCUT2D eigenvalue weighted by molar-refractivity contribution is 0.0897. The molecule has 0 saturated carbocycles. The molecule has 0 aliphatic heterocycles. The number of carbonyl (C=O) groups excluding carboxylic acids is 2. The molecule has 0 aliphatic rings. The van der Waals surface area contributed by atoms with Crippen LogP contribution in [-0.4, -0.2) is 42.2 Å². The van der Waals surface area contributed by atoms with Gasteiger partial charge in [0.2, 0.25) is 5.82 Å². The molecular formula is C19H16ClFN4O4. The largest absolute Gasteiger partial charge is 0.496 e. The third-order valence-electron chi connectivity index (χ3n) is 3.82. The van der Waals surface area contributed by atoms with E-state index in [1.165, 1.54) is 37.4 Å². The number of benzene rings is 2. The van der Waals surface area contributed by atoms with Crippen molar-refractivity contribution >= 4 is 23.4 Å². The Morgan fingerprint density at radius 1 is 1.10 bits per heavy atom. The van der Waals surface area contributed by atoms with Gasteiger partial charge in [0.1, 0.15) is 11.6 Å². The Labute approximate surface area is 170 Å². The lowest BCUT2D eigenvalue weighted by atomic mass is 10.2. The zero-order chi connectivity index (χ0) is 20.8. The molecule has 3 rings (SSSR count). The van der Waals surface area contributed by atoms with Crippen LogP contribution in [0, 0.1) is 5.82 Å². The summed E-state index contributed by atoms with van der Waals surface area (Å²) in [5, 5.41) is 9.30. The van der Waals surface area contributed by atoms with E-state index in [2.05, 4.69) is 20.8 Å². The number of ether oxygens (including phenoxy) is 1. The molecule has 2 N–H and O–H groups in total. The van der Waals surface area contributed by atoms with Gasteiger partial charge in [-0.05, 0) is 42.5 Å². The van der Waals surface area contributed by atoms with Crippen molar-refractivity contribution in [2.45, 2.75) is 0 Å². The number of methoxy groups -OCH3 is 1. The van der Waals surface area contributed by atoms with Crippen LogP contribution in [0.5, 0.6) is 5.75 Å². The number of nitrogens with zero attached hydrogens (tertiary/aromatic N) is 2. The summed E-state index contributed by atoms with van der Waals surface area (Å²) in [5.74, 6) is -1.08. The van der Waals surface area contributed by atoms with Gasteiger partial charge in [0, 0.05) is 23.7 Å². The van der Waals surface area contributed by atoms with Crippen LogP contribution >= 0.6 is 11.6 Å². The van der Waals surface area contributed by atoms with Crippen molar-refractivity contribution in [3.8, 4) is 17.1 Å². The molecule has 0 atom stereocenters. The van der Waals surface area contributed by atoms with E-state index in [0.29, 0.717) is 16.3 Å². The lowest BCUT2D eigenvalue weighted by Crippen LogP contribution is -2.35. The van der Waals surface area contributed by atoms with Crippen LogP contribution in [0.15, 0.2) is 47.0 Å². The molecule has 0 fully saturated rings. The zero-order valence-electron chi connectivity index (χ0n) is 15.2. The minimum absolute atomic E-state index is 0.127. The zero-order valence-corrected chi connectivity index (χ0v) is 16.0. The highest BCUT2D eigenvalue weighted by atomic mass is 35.5. The molecule has 10 heteroatoms. The average Bonchev–Trinajstić information content (AvgIpc) is 3.21. The third-order valence-corrected chi connectivity index (χ3v) is 4.06. The number of rotatable bonds is 7. The summed E-state index contributed by atoms with van der Waals surface area (Å²) < 4.78 is 23.0. The van der Waals surface area contributed by atoms with Gasteiger partial charge in [-0.1, -0.05) is 16.8 Å². The fourth-order valence-electron chi connectivity index (χ4n) is 2.41. The summed E-state index contributed by atoms with van der Waals surface area (Å²) in [7, 11) is 1.45. The first kappa shape index (κ1) is 20.3. The predicted octanol–water partition coefficient (Wildman–Crippen LogP) is 2.70. The summed E-state index contributed by atoms with van der Waals surface area (Å²) in [6.07, 6.45) is 0. The molecule has 1 heterocycles. The number of nitrogens with one attached hydrogen (secondary N) is 2. The highest BCUT2D eigenvalue weighted by Crippen LogP contribution is 2.22. The van der Waals surface area contributed by atoms with Crippen molar-refractivity contribution < 1.29 is 23.2 Å². The third kappa shape index (κ3) is 5.08. The Hall–Kier alpha value is -3.46.